The molecule has 0 spiro atoms. The van der Waals surface area contributed by atoms with Crippen molar-refractivity contribution in [2.45, 2.75) is 31.7 Å². The Balaban J connectivity index is 0.875. The minimum Gasteiger partial charge on any atom is -0.339 e. The molecular formula is C38H35FN8O8. The van der Waals surface area contributed by atoms with Gasteiger partial charge in [0.15, 0.2) is 0 Å². The second-order valence-corrected chi connectivity index (χ2v) is 13.4. The van der Waals surface area contributed by atoms with Crippen LogP contribution in [0.15, 0.2) is 65.5 Å². The third-order valence-electron chi connectivity index (χ3n) is 9.87. The van der Waals surface area contributed by atoms with Crippen LogP contribution in [0.1, 0.15) is 61.6 Å². The number of halogens is 1. The molecule has 2 saturated heterocycles. The van der Waals surface area contributed by atoms with Crippen molar-refractivity contribution in [3.05, 3.63) is 105 Å². The molecule has 7 rings (SSSR count). The number of anilines is 1. The zero-order valence-corrected chi connectivity index (χ0v) is 29.4. The van der Waals surface area contributed by atoms with Gasteiger partial charge in [-0.3, -0.25) is 48.6 Å². The van der Waals surface area contributed by atoms with Crippen LogP contribution in [0, 0.1) is 5.82 Å². The van der Waals surface area contributed by atoms with Crippen LogP contribution in [-0.4, -0.2) is 112 Å². The van der Waals surface area contributed by atoms with Crippen molar-refractivity contribution in [3.63, 3.8) is 0 Å². The molecule has 4 N–H and O–H groups in total. The minimum atomic E-state index is -1.14. The van der Waals surface area contributed by atoms with E-state index in [9.17, 15) is 42.7 Å². The van der Waals surface area contributed by atoms with Gasteiger partial charge in [-0.2, -0.15) is 5.10 Å². The van der Waals surface area contributed by atoms with Crippen LogP contribution in [0.3, 0.4) is 0 Å². The van der Waals surface area contributed by atoms with Gasteiger partial charge in [0.05, 0.1) is 40.0 Å². The average Bonchev–Trinajstić information content (AvgIpc) is 3.44. The molecule has 282 valence electrons. The summed E-state index contributed by atoms with van der Waals surface area (Å²) in [5, 5.41) is 15.4. The summed E-state index contributed by atoms with van der Waals surface area (Å²) in [5.41, 5.74) is 0.865. The molecule has 0 aliphatic carbocycles. The third kappa shape index (κ3) is 7.46. The number of carbonyl (C=O) groups excluding carboxylic acids is 7. The first-order valence-corrected chi connectivity index (χ1v) is 17.7. The van der Waals surface area contributed by atoms with Crippen molar-refractivity contribution in [2.24, 2.45) is 0 Å². The average molecular weight is 751 g/mol. The molecule has 16 nitrogen and oxygen atoms in total. The van der Waals surface area contributed by atoms with E-state index in [0.29, 0.717) is 22.0 Å². The lowest BCUT2D eigenvalue weighted by molar-refractivity contribution is -0.136. The van der Waals surface area contributed by atoms with E-state index in [1.807, 2.05) is 0 Å². The summed E-state index contributed by atoms with van der Waals surface area (Å²) < 4.78 is 14.9. The number of nitrogens with one attached hydrogen (secondary N) is 4. The van der Waals surface area contributed by atoms with Crippen LogP contribution < -0.4 is 21.5 Å². The number of fused-ring (bicyclic) bond motifs is 2. The smallest absolute Gasteiger partial charge is 0.272 e. The molecule has 1 unspecified atom stereocenters. The molecule has 3 aliphatic rings. The Morgan fingerprint density at radius 3 is 2.38 bits per heavy atom. The molecule has 2 fully saturated rings. The number of amides is 7. The van der Waals surface area contributed by atoms with E-state index in [-0.39, 0.29) is 98.8 Å². The van der Waals surface area contributed by atoms with E-state index < -0.39 is 47.3 Å². The van der Waals surface area contributed by atoms with E-state index in [2.05, 4.69) is 26.1 Å². The highest BCUT2D eigenvalue weighted by Crippen LogP contribution is 2.32. The number of rotatable bonds is 10. The number of imide groups is 2. The lowest BCUT2D eigenvalue weighted by atomic mass is 10.0. The number of hydrogen-bond donors (Lipinski definition) is 4. The molecule has 1 aromatic heterocycles. The highest BCUT2D eigenvalue weighted by Gasteiger charge is 2.45. The summed E-state index contributed by atoms with van der Waals surface area (Å²) >= 11 is 0. The Morgan fingerprint density at radius 2 is 1.62 bits per heavy atom. The van der Waals surface area contributed by atoms with E-state index in [0.717, 1.165) is 4.90 Å². The number of aromatic amines is 1. The number of benzene rings is 3. The van der Waals surface area contributed by atoms with Gasteiger partial charge in [0.25, 0.3) is 23.3 Å². The van der Waals surface area contributed by atoms with Gasteiger partial charge in [-0.05, 0) is 42.3 Å². The largest absolute Gasteiger partial charge is 0.339 e. The second-order valence-electron chi connectivity index (χ2n) is 13.4. The number of hydrogen-bond acceptors (Lipinski definition) is 10. The summed E-state index contributed by atoms with van der Waals surface area (Å²) in [6.45, 7) is 0.802. The molecule has 0 saturated carbocycles. The van der Waals surface area contributed by atoms with Crippen LogP contribution in [0.5, 0.6) is 0 Å². The first-order chi connectivity index (χ1) is 26.5. The normalized spacial score (nSPS) is 17.0. The molecule has 7 amide bonds. The van der Waals surface area contributed by atoms with Gasteiger partial charge in [-0.25, -0.2) is 9.49 Å². The second kappa shape index (κ2) is 15.4. The number of piperazine rings is 1. The number of carbonyl (C=O) groups is 7. The highest BCUT2D eigenvalue weighted by molar-refractivity contribution is 6.26. The van der Waals surface area contributed by atoms with Crippen molar-refractivity contribution < 1.29 is 38.0 Å². The standard InChI is InChI=1S/C38H35FN8O8/c39-26-9-8-21(19-28-22-4-1-2-5-23(22)34(51)44-43-28)18-25(26)36(53)46-16-14-45(15-17-46)32(50)12-13-40-20-31(49)41-27-7-3-6-24-33(27)38(55)47(37(24)54)29-10-11-30(48)42-35(29)52/h1-9,18,29,40H,10-17,19-20H2,(H,41,49)(H,44,51)(H,42,48,52). The Kier molecular flexibility index (Phi) is 10.3. The quantitative estimate of drug-likeness (QED) is 0.133. The Hall–Kier alpha value is -6.62. The van der Waals surface area contributed by atoms with E-state index in [1.165, 1.54) is 35.2 Å². The maximum Gasteiger partial charge on any atom is 0.272 e. The molecule has 17 heteroatoms. The zero-order valence-electron chi connectivity index (χ0n) is 29.4. The van der Waals surface area contributed by atoms with Crippen molar-refractivity contribution in [1.29, 1.82) is 0 Å². The number of piperidine rings is 1. The number of aromatic nitrogens is 2. The summed E-state index contributed by atoms with van der Waals surface area (Å²) in [6.07, 6.45) is 0.295. The fourth-order valence-corrected chi connectivity index (χ4v) is 7.04. The molecule has 3 aromatic carbocycles. The highest BCUT2D eigenvalue weighted by atomic mass is 19.1. The van der Waals surface area contributed by atoms with E-state index in [1.54, 1.807) is 35.2 Å². The molecular weight excluding hydrogens is 715 g/mol. The monoisotopic (exact) mass is 750 g/mol. The van der Waals surface area contributed by atoms with Gasteiger partial charge in [-0.1, -0.05) is 30.3 Å². The van der Waals surface area contributed by atoms with Crippen LogP contribution in [-0.2, 0) is 25.6 Å². The predicted octanol–water partition coefficient (Wildman–Crippen LogP) is 0.957. The van der Waals surface area contributed by atoms with Gasteiger partial charge < -0.3 is 20.4 Å². The SMILES string of the molecule is O=C1CCC(N2C(=O)c3cccc(NC(=O)CNCCC(=O)N4CCN(C(=O)c5cc(Cc6n[nH]c(=O)c7ccccc67)ccc5F)CC4)c3C2=O)C(=O)N1. The third-order valence-corrected chi connectivity index (χ3v) is 9.87. The summed E-state index contributed by atoms with van der Waals surface area (Å²) in [6, 6.07) is 14.5. The van der Waals surface area contributed by atoms with Gasteiger partial charge in [0, 0.05) is 57.4 Å². The topological polar surface area (TPSA) is 211 Å². The molecule has 3 aliphatic heterocycles. The summed E-state index contributed by atoms with van der Waals surface area (Å²) in [5.74, 6) is -4.59. The maximum absolute atomic E-state index is 14.9. The van der Waals surface area contributed by atoms with Crippen molar-refractivity contribution in [3.8, 4) is 0 Å². The number of nitrogens with zero attached hydrogens (tertiary/aromatic N) is 4. The lowest BCUT2D eigenvalue weighted by Crippen LogP contribution is -2.54. The molecule has 1 atom stereocenters. The summed E-state index contributed by atoms with van der Waals surface area (Å²) in [4.78, 5) is 105. The molecule has 4 heterocycles. The van der Waals surface area contributed by atoms with Crippen LogP contribution in [0.4, 0.5) is 10.1 Å². The van der Waals surface area contributed by atoms with Crippen molar-refractivity contribution in [1.82, 2.24) is 35.5 Å². The predicted molar refractivity (Wildman–Crippen MR) is 193 cm³/mol. The Morgan fingerprint density at radius 1 is 0.873 bits per heavy atom. The van der Waals surface area contributed by atoms with Gasteiger partial charge in [0.2, 0.25) is 23.6 Å². The first kappa shape index (κ1) is 36.7. The minimum absolute atomic E-state index is 0.000745. The molecule has 0 radical (unpaired) electrons. The van der Waals surface area contributed by atoms with Crippen LogP contribution in [0.25, 0.3) is 10.8 Å². The summed E-state index contributed by atoms with van der Waals surface area (Å²) in [7, 11) is 0. The van der Waals surface area contributed by atoms with Gasteiger partial charge >= 0.3 is 0 Å². The Labute approximate surface area is 312 Å². The molecule has 4 aromatic rings. The van der Waals surface area contributed by atoms with E-state index in [4.69, 9.17) is 0 Å². The van der Waals surface area contributed by atoms with Gasteiger partial charge in [-0.15, -0.1) is 0 Å². The fourth-order valence-electron chi connectivity index (χ4n) is 7.04. The maximum atomic E-state index is 14.9. The number of H-pyrrole nitrogens is 1. The van der Waals surface area contributed by atoms with Crippen molar-refractivity contribution in [2.75, 3.05) is 44.6 Å². The Bertz CT molecular complexity index is 2340. The zero-order chi connectivity index (χ0) is 38.8. The molecule has 0 bridgehead atoms. The van der Waals surface area contributed by atoms with Gasteiger partial charge in [0.1, 0.15) is 11.9 Å². The van der Waals surface area contributed by atoms with Crippen LogP contribution in [0.2, 0.25) is 0 Å². The lowest BCUT2D eigenvalue weighted by Gasteiger charge is -2.35. The fraction of sp³-hybridized carbons (Fsp3) is 0.289. The first-order valence-electron chi connectivity index (χ1n) is 17.7. The van der Waals surface area contributed by atoms with E-state index >= 15 is 0 Å². The van der Waals surface area contributed by atoms with Crippen LogP contribution >= 0.6 is 0 Å². The van der Waals surface area contributed by atoms with Crippen molar-refractivity contribution >= 4 is 57.8 Å². The molecule has 55 heavy (non-hydrogen) atoms.